The van der Waals surface area contributed by atoms with Crippen molar-refractivity contribution in [2.45, 2.75) is 96.1 Å². The van der Waals surface area contributed by atoms with E-state index in [-0.39, 0.29) is 29.2 Å². The summed E-state index contributed by atoms with van der Waals surface area (Å²) < 4.78 is 1.47. The van der Waals surface area contributed by atoms with E-state index < -0.39 is 6.29 Å². The van der Waals surface area contributed by atoms with Crippen LogP contribution in [0.1, 0.15) is 71.3 Å². The first kappa shape index (κ1) is 29.1. The first-order chi connectivity index (χ1) is 16.7. The molecule has 2 N–H and O–H groups in total. The van der Waals surface area contributed by atoms with Crippen molar-refractivity contribution in [2.75, 3.05) is 11.4 Å². The topological polar surface area (TPSA) is 95.7 Å². The summed E-state index contributed by atoms with van der Waals surface area (Å²) >= 11 is 1.41. The molecule has 1 heterocycles. The van der Waals surface area contributed by atoms with Gasteiger partial charge in [-0.1, -0.05) is 53.4 Å². The normalized spacial score (nSPS) is 12.4. The van der Waals surface area contributed by atoms with Gasteiger partial charge in [-0.15, -0.1) is 11.8 Å². The van der Waals surface area contributed by atoms with Gasteiger partial charge in [0.2, 0.25) is 5.91 Å². The van der Waals surface area contributed by atoms with Crippen LogP contribution in [0.25, 0.3) is 0 Å². The highest BCUT2D eigenvalue weighted by Gasteiger charge is 2.23. The molecule has 7 nitrogen and oxygen atoms in total. The van der Waals surface area contributed by atoms with Gasteiger partial charge in [-0.25, -0.2) is 4.98 Å². The molecule has 0 aliphatic heterocycles. The van der Waals surface area contributed by atoms with Gasteiger partial charge in [-0.05, 0) is 43.5 Å². The molecule has 1 unspecified atom stereocenters. The summed E-state index contributed by atoms with van der Waals surface area (Å²) in [6, 6.07) is 9.07. The van der Waals surface area contributed by atoms with E-state index in [0.717, 1.165) is 36.3 Å². The molecule has 1 aromatic carbocycles. The predicted molar refractivity (Wildman–Crippen MR) is 143 cm³/mol. The third-order valence-electron chi connectivity index (χ3n) is 5.98. The third-order valence-corrected chi connectivity index (χ3v) is 7.59. The number of aliphatic hydroxyl groups excluding tert-OH is 1. The summed E-state index contributed by atoms with van der Waals surface area (Å²) in [7, 11) is 0. The van der Waals surface area contributed by atoms with Crippen molar-refractivity contribution >= 4 is 23.4 Å². The molecule has 0 radical (unpaired) electrons. The van der Waals surface area contributed by atoms with Crippen molar-refractivity contribution in [3.8, 4) is 0 Å². The zero-order valence-corrected chi connectivity index (χ0v) is 22.6. The summed E-state index contributed by atoms with van der Waals surface area (Å²) in [5.74, 6) is 0.560. The number of benzene rings is 1. The summed E-state index contributed by atoms with van der Waals surface area (Å²) in [4.78, 5) is 33.2. The Hall–Kier alpha value is -2.16. The third kappa shape index (κ3) is 8.78. The van der Waals surface area contributed by atoms with E-state index in [1.54, 1.807) is 11.8 Å². The minimum absolute atomic E-state index is 0.0487. The van der Waals surface area contributed by atoms with Crippen LogP contribution in [-0.4, -0.2) is 43.8 Å². The number of aliphatic hydroxyl groups is 2. The molecule has 1 amide bonds. The van der Waals surface area contributed by atoms with Crippen LogP contribution >= 0.6 is 11.8 Å². The van der Waals surface area contributed by atoms with Crippen molar-refractivity contribution in [1.82, 2.24) is 9.55 Å². The molecule has 35 heavy (non-hydrogen) atoms. The van der Waals surface area contributed by atoms with Crippen LogP contribution in [0.4, 0.5) is 5.69 Å². The average molecular weight is 504 g/mol. The van der Waals surface area contributed by atoms with E-state index in [9.17, 15) is 19.8 Å². The molecule has 2 aromatic rings. The molecule has 0 aliphatic rings. The number of carbonyl (C=O) groups is 1. The highest BCUT2D eigenvalue weighted by atomic mass is 32.2. The van der Waals surface area contributed by atoms with Crippen molar-refractivity contribution < 1.29 is 15.0 Å². The fraction of sp³-hybridized carbons (Fsp3) is 0.593. The van der Waals surface area contributed by atoms with Crippen molar-refractivity contribution in [1.29, 1.82) is 0 Å². The summed E-state index contributed by atoms with van der Waals surface area (Å²) in [5.41, 5.74) is 1.22. The number of aryl methyl sites for hydroxylation is 2. The standard InChI is InChI=1S/C27H41N3O4S/c1-6-8-9-10-11-16-29(25(32)18-30-23(7-2)28-20(5)17-24(30)31)21-12-14-22(15-13-21)35-26(19(3)4)27(33)34/h12-15,17,19,26-27,33-34H,6-11,16,18H2,1-5H3. The lowest BCUT2D eigenvalue weighted by molar-refractivity contribution is -0.119. The molecule has 0 aliphatic carbocycles. The van der Waals surface area contributed by atoms with Gasteiger partial charge < -0.3 is 15.1 Å². The van der Waals surface area contributed by atoms with Crippen molar-refractivity contribution in [2.24, 2.45) is 5.92 Å². The van der Waals surface area contributed by atoms with Crippen LogP contribution in [0.5, 0.6) is 0 Å². The van der Waals surface area contributed by atoms with Crippen molar-refractivity contribution in [3.05, 3.63) is 52.2 Å². The fourth-order valence-corrected chi connectivity index (χ4v) is 5.02. The largest absolute Gasteiger partial charge is 0.367 e. The van der Waals surface area contributed by atoms with Crippen LogP contribution in [0.2, 0.25) is 0 Å². The zero-order valence-electron chi connectivity index (χ0n) is 21.7. The van der Waals surface area contributed by atoms with E-state index in [4.69, 9.17) is 0 Å². The Morgan fingerprint density at radius 1 is 1.09 bits per heavy atom. The van der Waals surface area contributed by atoms with Gasteiger partial charge in [0, 0.05) is 35.3 Å². The van der Waals surface area contributed by atoms with Crippen LogP contribution in [0.3, 0.4) is 0 Å². The fourth-order valence-electron chi connectivity index (χ4n) is 4.01. The van der Waals surface area contributed by atoms with E-state index >= 15 is 0 Å². The highest BCUT2D eigenvalue weighted by Crippen LogP contribution is 2.31. The molecule has 0 bridgehead atoms. The highest BCUT2D eigenvalue weighted by molar-refractivity contribution is 8.00. The lowest BCUT2D eigenvalue weighted by atomic mass is 10.1. The Balaban J connectivity index is 2.25. The zero-order chi connectivity index (χ0) is 26.0. The molecule has 0 spiro atoms. The lowest BCUT2D eigenvalue weighted by Gasteiger charge is -2.25. The van der Waals surface area contributed by atoms with E-state index in [2.05, 4.69) is 11.9 Å². The van der Waals surface area contributed by atoms with Gasteiger partial charge in [0.25, 0.3) is 5.56 Å². The number of carbonyl (C=O) groups excluding carboxylic acids is 1. The molecule has 0 saturated heterocycles. The molecule has 2 rings (SSSR count). The Morgan fingerprint density at radius 3 is 2.31 bits per heavy atom. The summed E-state index contributed by atoms with van der Waals surface area (Å²) in [6.45, 7) is 10.3. The maximum atomic E-state index is 13.4. The first-order valence-electron chi connectivity index (χ1n) is 12.7. The molecular weight excluding hydrogens is 462 g/mol. The first-order valence-corrected chi connectivity index (χ1v) is 13.6. The molecule has 0 fully saturated rings. The van der Waals surface area contributed by atoms with Crippen molar-refractivity contribution in [3.63, 3.8) is 0 Å². The van der Waals surface area contributed by atoms with Gasteiger partial charge in [0.1, 0.15) is 12.4 Å². The Labute approximate surface area is 213 Å². The van der Waals surface area contributed by atoms with Gasteiger partial charge in [0.15, 0.2) is 6.29 Å². The van der Waals surface area contributed by atoms with E-state index in [1.165, 1.54) is 28.8 Å². The quantitative estimate of drug-likeness (QED) is 0.223. The SMILES string of the molecule is CCCCCCCN(C(=O)Cn1c(CC)nc(C)cc1=O)c1ccc(SC(C(C)C)C(O)O)cc1. The number of amides is 1. The molecular formula is C27H41N3O4S. The monoisotopic (exact) mass is 503 g/mol. The molecule has 8 heteroatoms. The number of thioether (sulfide) groups is 1. The number of nitrogens with zero attached hydrogens (tertiary/aromatic N) is 3. The number of aromatic nitrogens is 2. The maximum Gasteiger partial charge on any atom is 0.254 e. The molecule has 0 saturated carbocycles. The number of unbranched alkanes of at least 4 members (excludes halogenated alkanes) is 4. The van der Waals surface area contributed by atoms with Gasteiger partial charge in [-0.2, -0.15) is 0 Å². The number of hydrogen-bond donors (Lipinski definition) is 2. The maximum absolute atomic E-state index is 13.4. The van der Waals surface area contributed by atoms with E-state index in [0.29, 0.717) is 24.5 Å². The second kappa shape index (κ2) is 14.4. The predicted octanol–water partition coefficient (Wildman–Crippen LogP) is 4.55. The minimum atomic E-state index is -1.41. The average Bonchev–Trinajstić information content (AvgIpc) is 2.81. The smallest absolute Gasteiger partial charge is 0.254 e. The molecule has 1 atom stereocenters. The Kier molecular flexibility index (Phi) is 12.0. The summed E-state index contributed by atoms with van der Waals surface area (Å²) in [6.07, 6.45) is 4.56. The number of anilines is 1. The second-order valence-electron chi connectivity index (χ2n) is 9.29. The van der Waals surface area contributed by atoms with Crippen LogP contribution in [0, 0.1) is 12.8 Å². The molecule has 194 valence electrons. The minimum Gasteiger partial charge on any atom is -0.367 e. The number of rotatable bonds is 14. The lowest BCUT2D eigenvalue weighted by Crippen LogP contribution is -2.38. The van der Waals surface area contributed by atoms with Crippen LogP contribution in [0.15, 0.2) is 40.0 Å². The number of hydrogen-bond acceptors (Lipinski definition) is 6. The van der Waals surface area contributed by atoms with Gasteiger partial charge >= 0.3 is 0 Å². The Bertz CT molecular complexity index is 981. The van der Waals surface area contributed by atoms with Crippen LogP contribution in [-0.2, 0) is 17.8 Å². The molecule has 1 aromatic heterocycles. The Morgan fingerprint density at radius 2 is 1.74 bits per heavy atom. The van der Waals surface area contributed by atoms with Gasteiger partial charge in [0.05, 0.1) is 5.25 Å². The van der Waals surface area contributed by atoms with Gasteiger partial charge in [-0.3, -0.25) is 14.2 Å². The van der Waals surface area contributed by atoms with Crippen LogP contribution < -0.4 is 10.5 Å². The van der Waals surface area contributed by atoms with E-state index in [1.807, 2.05) is 45.0 Å². The second-order valence-corrected chi connectivity index (χ2v) is 10.5. The summed E-state index contributed by atoms with van der Waals surface area (Å²) in [5, 5.41) is 19.0.